The van der Waals surface area contributed by atoms with Gasteiger partial charge in [-0.15, -0.1) is 0 Å². The van der Waals surface area contributed by atoms with Gasteiger partial charge in [0.15, 0.2) is 0 Å². The lowest BCUT2D eigenvalue weighted by molar-refractivity contribution is 0.0696. The van der Waals surface area contributed by atoms with Crippen LogP contribution in [0.15, 0.2) is 17.3 Å². The lowest BCUT2D eigenvalue weighted by atomic mass is 10.2. The molecular weight excluding hydrogens is 262 g/mol. The van der Waals surface area contributed by atoms with Crippen LogP contribution < -0.4 is 0 Å². The van der Waals surface area contributed by atoms with Crippen molar-refractivity contribution in [1.29, 1.82) is 0 Å². The predicted octanol–water partition coefficient (Wildman–Crippen LogP) is 2.70. The van der Waals surface area contributed by atoms with Gasteiger partial charge in [-0.1, -0.05) is 23.4 Å². The van der Waals surface area contributed by atoms with E-state index >= 15 is 0 Å². The molecule has 2 rings (SSSR count). The SMILES string of the molecule is CC1OCCC1Sc1nccc(C(=O)O)c1Cl. The Morgan fingerprint density at radius 1 is 1.71 bits per heavy atom. The maximum atomic E-state index is 10.9. The largest absolute Gasteiger partial charge is 0.478 e. The van der Waals surface area contributed by atoms with Crippen LogP contribution in [-0.2, 0) is 4.74 Å². The highest BCUT2D eigenvalue weighted by molar-refractivity contribution is 8.00. The van der Waals surface area contributed by atoms with Gasteiger partial charge in [-0.25, -0.2) is 9.78 Å². The van der Waals surface area contributed by atoms with E-state index in [4.69, 9.17) is 21.4 Å². The smallest absolute Gasteiger partial charge is 0.337 e. The highest BCUT2D eigenvalue weighted by Crippen LogP contribution is 2.36. The van der Waals surface area contributed by atoms with Gasteiger partial charge >= 0.3 is 5.97 Å². The van der Waals surface area contributed by atoms with E-state index in [-0.39, 0.29) is 21.9 Å². The standard InChI is InChI=1S/C11H12ClNO3S/c1-6-8(3-5-16-6)17-10-9(12)7(11(14)15)2-4-13-10/h2,4,6,8H,3,5H2,1H3,(H,14,15). The maximum Gasteiger partial charge on any atom is 0.337 e. The molecule has 2 unspecified atom stereocenters. The number of ether oxygens (including phenoxy) is 1. The van der Waals surface area contributed by atoms with Gasteiger partial charge in [0.05, 0.1) is 16.7 Å². The van der Waals surface area contributed by atoms with Gasteiger partial charge in [0.25, 0.3) is 0 Å². The molecule has 2 heterocycles. The summed E-state index contributed by atoms with van der Waals surface area (Å²) in [4.78, 5) is 15.1. The molecule has 1 fully saturated rings. The molecule has 1 saturated heterocycles. The molecule has 1 aliphatic rings. The molecule has 0 aliphatic carbocycles. The van der Waals surface area contributed by atoms with Crippen molar-refractivity contribution in [3.05, 3.63) is 22.8 Å². The van der Waals surface area contributed by atoms with Crippen LogP contribution in [0.25, 0.3) is 0 Å². The second kappa shape index (κ2) is 5.25. The zero-order chi connectivity index (χ0) is 12.4. The van der Waals surface area contributed by atoms with Crippen LogP contribution >= 0.6 is 23.4 Å². The van der Waals surface area contributed by atoms with E-state index in [0.29, 0.717) is 5.03 Å². The Hall–Kier alpha value is -0.780. The second-order valence-corrected chi connectivity index (χ2v) is 5.41. The molecule has 17 heavy (non-hydrogen) atoms. The van der Waals surface area contributed by atoms with Crippen LogP contribution in [0.4, 0.5) is 0 Å². The number of carboxylic acid groups (broad SMARTS) is 1. The van der Waals surface area contributed by atoms with Gasteiger partial charge in [0.2, 0.25) is 0 Å². The number of hydrogen-bond donors (Lipinski definition) is 1. The van der Waals surface area contributed by atoms with Crippen molar-refractivity contribution in [2.45, 2.75) is 29.7 Å². The molecule has 92 valence electrons. The van der Waals surface area contributed by atoms with Gasteiger partial charge in [0.1, 0.15) is 5.03 Å². The summed E-state index contributed by atoms with van der Waals surface area (Å²) >= 11 is 7.51. The van der Waals surface area contributed by atoms with E-state index in [9.17, 15) is 4.79 Å². The fraction of sp³-hybridized carbons (Fsp3) is 0.455. The Morgan fingerprint density at radius 3 is 3.06 bits per heavy atom. The Labute approximate surface area is 108 Å². The molecule has 1 aromatic heterocycles. The number of aromatic carboxylic acids is 1. The highest BCUT2D eigenvalue weighted by atomic mass is 35.5. The van der Waals surface area contributed by atoms with Crippen molar-refractivity contribution in [1.82, 2.24) is 4.98 Å². The topological polar surface area (TPSA) is 59.4 Å². The summed E-state index contributed by atoms with van der Waals surface area (Å²) in [5, 5.41) is 10.0. The Morgan fingerprint density at radius 2 is 2.47 bits per heavy atom. The zero-order valence-corrected chi connectivity index (χ0v) is 10.8. The lowest BCUT2D eigenvalue weighted by Gasteiger charge is -2.14. The first-order valence-corrected chi connectivity index (χ1v) is 6.51. The maximum absolute atomic E-state index is 10.9. The molecule has 0 amide bonds. The molecule has 0 bridgehead atoms. The lowest BCUT2D eigenvalue weighted by Crippen LogP contribution is -2.13. The van der Waals surface area contributed by atoms with Gasteiger partial charge in [0, 0.05) is 18.1 Å². The highest BCUT2D eigenvalue weighted by Gasteiger charge is 2.27. The van der Waals surface area contributed by atoms with E-state index in [1.54, 1.807) is 0 Å². The second-order valence-electron chi connectivity index (χ2n) is 3.80. The average Bonchev–Trinajstić information content (AvgIpc) is 2.67. The fourth-order valence-corrected chi connectivity index (χ4v) is 3.11. The monoisotopic (exact) mass is 273 g/mol. The molecule has 4 nitrogen and oxygen atoms in total. The summed E-state index contributed by atoms with van der Waals surface area (Å²) < 4.78 is 5.45. The first-order chi connectivity index (χ1) is 8.09. The third kappa shape index (κ3) is 2.73. The van der Waals surface area contributed by atoms with Gasteiger partial charge in [-0.05, 0) is 19.4 Å². The molecule has 0 aromatic carbocycles. The van der Waals surface area contributed by atoms with Crippen molar-refractivity contribution in [3.8, 4) is 0 Å². The van der Waals surface area contributed by atoms with Crippen molar-refractivity contribution in [2.75, 3.05) is 6.61 Å². The van der Waals surface area contributed by atoms with Crippen molar-refractivity contribution in [2.24, 2.45) is 0 Å². The molecule has 0 radical (unpaired) electrons. The predicted molar refractivity (Wildman–Crippen MR) is 65.9 cm³/mol. The normalized spacial score (nSPS) is 23.9. The number of aromatic nitrogens is 1. The molecule has 6 heteroatoms. The van der Waals surface area contributed by atoms with Crippen molar-refractivity contribution >= 4 is 29.3 Å². The summed E-state index contributed by atoms with van der Waals surface area (Å²) in [6, 6.07) is 1.41. The number of carboxylic acids is 1. The van der Waals surface area contributed by atoms with Crippen LogP contribution in [0.3, 0.4) is 0 Å². The minimum Gasteiger partial charge on any atom is -0.478 e. The fourth-order valence-electron chi connectivity index (χ4n) is 1.68. The minimum atomic E-state index is -1.03. The molecule has 2 atom stereocenters. The van der Waals surface area contributed by atoms with E-state index in [0.717, 1.165) is 13.0 Å². The average molecular weight is 274 g/mol. The Balaban J connectivity index is 2.21. The summed E-state index contributed by atoms with van der Waals surface area (Å²) in [5.41, 5.74) is 0.0933. The summed E-state index contributed by atoms with van der Waals surface area (Å²) in [5.74, 6) is -1.03. The van der Waals surface area contributed by atoms with Crippen LogP contribution in [-0.4, -0.2) is 34.0 Å². The van der Waals surface area contributed by atoms with Crippen molar-refractivity contribution in [3.63, 3.8) is 0 Å². The molecule has 1 aromatic rings. The Bertz CT molecular complexity index is 441. The van der Waals surface area contributed by atoms with E-state index in [1.807, 2.05) is 6.92 Å². The Kier molecular flexibility index (Phi) is 3.91. The number of carbonyl (C=O) groups is 1. The minimum absolute atomic E-state index is 0.0933. The first kappa shape index (κ1) is 12.7. The van der Waals surface area contributed by atoms with E-state index in [2.05, 4.69) is 4.98 Å². The number of halogens is 1. The molecule has 0 saturated carbocycles. The third-order valence-electron chi connectivity index (χ3n) is 2.66. The van der Waals surface area contributed by atoms with Crippen LogP contribution in [0.5, 0.6) is 0 Å². The molecule has 1 N–H and O–H groups in total. The summed E-state index contributed by atoms with van der Waals surface area (Å²) in [6.07, 6.45) is 2.55. The van der Waals surface area contributed by atoms with Crippen LogP contribution in [0.1, 0.15) is 23.7 Å². The number of thioether (sulfide) groups is 1. The molecule has 1 aliphatic heterocycles. The van der Waals surface area contributed by atoms with Gasteiger partial charge in [-0.3, -0.25) is 0 Å². The summed E-state index contributed by atoms with van der Waals surface area (Å²) in [7, 11) is 0. The quantitative estimate of drug-likeness (QED) is 0.918. The number of nitrogens with zero attached hydrogens (tertiary/aromatic N) is 1. The van der Waals surface area contributed by atoms with Crippen LogP contribution in [0, 0.1) is 0 Å². The van der Waals surface area contributed by atoms with Gasteiger partial charge < -0.3 is 9.84 Å². The summed E-state index contributed by atoms with van der Waals surface area (Å²) in [6.45, 7) is 2.73. The van der Waals surface area contributed by atoms with Crippen LogP contribution in [0.2, 0.25) is 5.02 Å². The zero-order valence-electron chi connectivity index (χ0n) is 9.22. The van der Waals surface area contributed by atoms with E-state index < -0.39 is 5.97 Å². The molecular formula is C11H12ClNO3S. The number of hydrogen-bond acceptors (Lipinski definition) is 4. The van der Waals surface area contributed by atoms with Crippen molar-refractivity contribution < 1.29 is 14.6 Å². The molecule has 0 spiro atoms. The van der Waals surface area contributed by atoms with Gasteiger partial charge in [-0.2, -0.15) is 0 Å². The number of pyridine rings is 1. The van der Waals surface area contributed by atoms with E-state index in [1.165, 1.54) is 24.0 Å². The number of rotatable bonds is 3. The first-order valence-electron chi connectivity index (χ1n) is 5.25. The third-order valence-corrected chi connectivity index (χ3v) is 4.61.